The van der Waals surface area contributed by atoms with Crippen LogP contribution in [0.5, 0.6) is 5.88 Å². The van der Waals surface area contributed by atoms with Gasteiger partial charge < -0.3 is 25.7 Å². The van der Waals surface area contributed by atoms with E-state index in [9.17, 15) is 44.7 Å². The maximum atomic E-state index is 13.9. The first kappa shape index (κ1) is 33.2. The molecule has 2 aliphatic carbocycles. The molecule has 0 aliphatic heterocycles. The Morgan fingerprint density at radius 3 is 2.35 bits per heavy atom. The lowest BCUT2D eigenvalue weighted by Gasteiger charge is -2.30. The predicted octanol–water partition coefficient (Wildman–Crippen LogP) is 6.63. The normalized spacial score (nSPS) is 19.6. The van der Waals surface area contributed by atoms with Crippen LogP contribution in [0.4, 0.5) is 46.8 Å². The number of amides is 2. The Hall–Kier alpha value is -4.18. The second-order valence-electron chi connectivity index (χ2n) is 11.8. The van der Waals surface area contributed by atoms with Gasteiger partial charge in [-0.2, -0.15) is 31.3 Å². The van der Waals surface area contributed by atoms with Crippen molar-refractivity contribution in [3.63, 3.8) is 0 Å². The minimum Gasteiger partial charge on any atom is -0.471 e. The number of fused-ring (bicyclic) bond motifs is 1. The first-order valence-corrected chi connectivity index (χ1v) is 14.5. The third-order valence-corrected chi connectivity index (χ3v) is 8.20. The summed E-state index contributed by atoms with van der Waals surface area (Å²) in [5, 5.41) is 7.85. The van der Waals surface area contributed by atoms with Crippen LogP contribution in [0.1, 0.15) is 66.9 Å². The third-order valence-electron chi connectivity index (χ3n) is 8.20. The Morgan fingerprint density at radius 1 is 1.04 bits per heavy atom. The highest BCUT2D eigenvalue weighted by atomic mass is 19.4. The first-order valence-electron chi connectivity index (χ1n) is 14.5. The molecule has 0 atom stereocenters. The number of hydrogen-bond donors (Lipinski definition) is 4. The van der Waals surface area contributed by atoms with Crippen molar-refractivity contribution in [3.8, 4) is 5.88 Å². The van der Waals surface area contributed by atoms with E-state index in [0.29, 0.717) is 5.56 Å². The van der Waals surface area contributed by atoms with Crippen molar-refractivity contribution in [3.05, 3.63) is 41.0 Å². The fourth-order valence-corrected chi connectivity index (χ4v) is 5.22. The summed E-state index contributed by atoms with van der Waals surface area (Å²) in [5.41, 5.74) is -2.02. The molecule has 9 nitrogen and oxygen atoms in total. The molecule has 2 fully saturated rings. The van der Waals surface area contributed by atoms with Gasteiger partial charge in [0.1, 0.15) is 11.1 Å². The van der Waals surface area contributed by atoms with Crippen LogP contribution >= 0.6 is 0 Å². The number of benzene rings is 1. The maximum Gasteiger partial charge on any atom is 0.418 e. The van der Waals surface area contributed by atoms with Gasteiger partial charge in [0.2, 0.25) is 17.7 Å². The smallest absolute Gasteiger partial charge is 0.418 e. The van der Waals surface area contributed by atoms with Gasteiger partial charge in [-0.3, -0.25) is 9.59 Å². The third kappa shape index (κ3) is 7.78. The number of imidazole rings is 1. The van der Waals surface area contributed by atoms with Crippen LogP contribution in [0, 0.1) is 11.3 Å². The molecule has 46 heavy (non-hydrogen) atoms. The lowest BCUT2D eigenvalue weighted by Crippen LogP contribution is -2.40. The number of rotatable bonds is 10. The number of anilines is 2. The molecule has 3 aromatic rings. The van der Waals surface area contributed by atoms with E-state index >= 15 is 0 Å². The van der Waals surface area contributed by atoms with Gasteiger partial charge in [0.05, 0.1) is 17.2 Å². The second kappa shape index (κ2) is 12.5. The van der Waals surface area contributed by atoms with Crippen LogP contribution in [0.2, 0.25) is 0 Å². The number of carbonyl (C=O) groups is 2. The summed E-state index contributed by atoms with van der Waals surface area (Å²) in [5.74, 6) is -3.29. The minimum atomic E-state index is -4.77. The fraction of sp³-hybridized carbons (Fsp3) is 0.517. The number of hydrogen-bond acceptors (Lipinski definition) is 6. The number of halogens is 8. The van der Waals surface area contributed by atoms with Gasteiger partial charge in [0, 0.05) is 18.0 Å². The van der Waals surface area contributed by atoms with Crippen molar-refractivity contribution >= 4 is 34.6 Å². The van der Waals surface area contributed by atoms with E-state index in [4.69, 9.17) is 4.74 Å². The summed E-state index contributed by atoms with van der Waals surface area (Å²) in [7, 11) is 0. The quantitative estimate of drug-likeness (QED) is 0.181. The van der Waals surface area contributed by atoms with Crippen LogP contribution < -0.4 is 20.7 Å². The topological polar surface area (TPSA) is 121 Å². The number of carbonyl (C=O) groups excluding carboxylic acids is 2. The number of aromatic amines is 1. The monoisotopic (exact) mass is 662 g/mol. The molecule has 17 heteroatoms. The Labute approximate surface area is 256 Å². The second-order valence-corrected chi connectivity index (χ2v) is 11.8. The van der Waals surface area contributed by atoms with E-state index in [1.807, 2.05) is 0 Å². The number of nitrogens with zero attached hydrogens (tertiary/aromatic N) is 2. The van der Waals surface area contributed by atoms with E-state index in [1.165, 1.54) is 12.1 Å². The Bertz CT molecular complexity index is 1590. The summed E-state index contributed by atoms with van der Waals surface area (Å²) in [4.78, 5) is 36.3. The van der Waals surface area contributed by atoms with Gasteiger partial charge in [-0.1, -0.05) is 13.0 Å². The number of H-pyrrole nitrogens is 1. The van der Waals surface area contributed by atoms with E-state index in [0.717, 1.165) is 25.0 Å². The number of aromatic nitrogens is 3. The highest BCUT2D eigenvalue weighted by Crippen LogP contribution is 2.45. The molecule has 0 spiro atoms. The minimum absolute atomic E-state index is 0.0237. The zero-order chi connectivity index (χ0) is 33.4. The summed E-state index contributed by atoms with van der Waals surface area (Å²) in [6.07, 6.45) is -10.9. The largest absolute Gasteiger partial charge is 0.471 e. The lowest BCUT2D eigenvalue weighted by molar-refractivity contribution is -0.182. The van der Waals surface area contributed by atoms with Gasteiger partial charge in [-0.25, -0.2) is 13.8 Å². The predicted molar refractivity (Wildman–Crippen MR) is 149 cm³/mol. The molecule has 2 amide bonds. The molecule has 0 bridgehead atoms. The molecule has 4 N–H and O–H groups in total. The van der Waals surface area contributed by atoms with E-state index in [1.54, 1.807) is 6.92 Å². The van der Waals surface area contributed by atoms with E-state index in [2.05, 4.69) is 30.9 Å². The molecule has 250 valence electrons. The summed E-state index contributed by atoms with van der Waals surface area (Å²) in [6.45, 7) is 0.634. The van der Waals surface area contributed by atoms with Crippen molar-refractivity contribution in [1.82, 2.24) is 25.6 Å². The molecule has 1 aromatic carbocycles. The molecule has 0 radical (unpaired) electrons. The average molecular weight is 663 g/mol. The van der Waals surface area contributed by atoms with Crippen LogP contribution in [-0.2, 0) is 17.5 Å². The average Bonchev–Trinajstić information content (AvgIpc) is 3.61. The fourth-order valence-electron chi connectivity index (χ4n) is 5.22. The number of pyridine rings is 1. The number of alkyl halides is 8. The molecule has 0 unspecified atom stereocenters. The molecule has 0 saturated heterocycles. The molecule has 2 aromatic heterocycles. The van der Waals surface area contributed by atoms with Crippen molar-refractivity contribution < 1.29 is 49.4 Å². The molecular weight excluding hydrogens is 632 g/mol. The molecule has 5 rings (SSSR count). The van der Waals surface area contributed by atoms with Gasteiger partial charge in [0.25, 0.3) is 12.3 Å². The summed E-state index contributed by atoms with van der Waals surface area (Å²) < 4.78 is 112. The number of nitrogens with one attached hydrogen (secondary N) is 4. The van der Waals surface area contributed by atoms with Crippen molar-refractivity contribution in [1.29, 1.82) is 0 Å². The number of ether oxygens (including phenoxy) is 1. The van der Waals surface area contributed by atoms with Gasteiger partial charge in [-0.05, 0) is 62.3 Å². The molecular formula is C29H30F8N6O3. The summed E-state index contributed by atoms with van der Waals surface area (Å²) in [6, 6.07) is 3.80. The Morgan fingerprint density at radius 2 is 1.74 bits per heavy atom. The molecule has 2 saturated carbocycles. The molecule has 2 aliphatic rings. The highest BCUT2D eigenvalue weighted by molar-refractivity contribution is 5.99. The molecule has 2 heterocycles. The van der Waals surface area contributed by atoms with Gasteiger partial charge in [0.15, 0.2) is 12.3 Å². The Kier molecular flexibility index (Phi) is 9.05. The maximum absolute atomic E-state index is 13.9. The zero-order valence-electron chi connectivity index (χ0n) is 24.3. The van der Waals surface area contributed by atoms with Crippen LogP contribution in [0.15, 0.2) is 24.3 Å². The van der Waals surface area contributed by atoms with Crippen molar-refractivity contribution in [2.24, 2.45) is 11.3 Å². The van der Waals surface area contributed by atoms with Crippen LogP contribution in [-0.4, -0.2) is 52.0 Å². The van der Waals surface area contributed by atoms with Crippen LogP contribution in [0.25, 0.3) is 11.2 Å². The van der Waals surface area contributed by atoms with E-state index < -0.39 is 65.8 Å². The van der Waals surface area contributed by atoms with Gasteiger partial charge in [-0.15, -0.1) is 0 Å². The zero-order valence-corrected chi connectivity index (χ0v) is 24.3. The SMILES string of the molecule is CC1(C(=O)NCc2ccc(C(F)(F)F)c(Nc3nc4cc(C(=O)NC5CCC(C(F)(F)F)CC5)c(OCC(F)F)nc4[nH]3)c2)CC1. The van der Waals surface area contributed by atoms with Crippen molar-refractivity contribution in [2.45, 2.75) is 76.8 Å². The standard InChI is InChI=1S/C29H30F8N6O3/c1-27(8-9-27)25(45)38-12-14-2-7-18(29(35,36)37)19(10-14)40-26-41-20-11-17(24(42-22(20)43-26)46-13-21(30)31)23(44)39-16-5-3-15(4-6-16)28(32,33)34/h2,7,10-11,15-16,21H,3-6,8-9,12-13H2,1H3,(H,38,45)(H,39,44)(H2,40,41,42,43). The van der Waals surface area contributed by atoms with Gasteiger partial charge >= 0.3 is 12.4 Å². The Balaban J connectivity index is 1.38. The first-order chi connectivity index (χ1) is 21.5. The van der Waals surface area contributed by atoms with Crippen molar-refractivity contribution in [2.75, 3.05) is 11.9 Å². The van der Waals surface area contributed by atoms with Crippen LogP contribution in [0.3, 0.4) is 0 Å². The summed E-state index contributed by atoms with van der Waals surface area (Å²) >= 11 is 0. The highest BCUT2D eigenvalue weighted by Gasteiger charge is 2.45. The lowest BCUT2D eigenvalue weighted by atomic mass is 9.85. The van der Waals surface area contributed by atoms with E-state index in [-0.39, 0.29) is 60.8 Å².